The normalized spacial score (nSPS) is 37.1. The highest BCUT2D eigenvalue weighted by Crippen LogP contribution is 2.55. The van der Waals surface area contributed by atoms with Gasteiger partial charge in [-0.2, -0.15) is 0 Å². The number of fused-ring (bicyclic) bond motifs is 2. The third-order valence-corrected chi connectivity index (χ3v) is 9.39. The van der Waals surface area contributed by atoms with Crippen molar-refractivity contribution in [3.8, 4) is 0 Å². The number of piperidine rings is 1. The maximum Gasteiger partial charge on any atom is 0.410 e. The maximum atomic E-state index is 13.1. The minimum absolute atomic E-state index is 0.0100. The molecule has 5 heteroatoms. The zero-order valence-corrected chi connectivity index (χ0v) is 18.2. The van der Waals surface area contributed by atoms with Crippen LogP contribution in [-0.2, 0) is 14.9 Å². The monoisotopic (exact) mass is 423 g/mol. The Kier molecular flexibility index (Phi) is 4.59. The molecule has 1 unspecified atom stereocenters. The topological polar surface area (TPSA) is 66.8 Å². The van der Waals surface area contributed by atoms with E-state index in [0.29, 0.717) is 24.9 Å². The van der Waals surface area contributed by atoms with E-state index < -0.39 is 5.97 Å². The van der Waals surface area contributed by atoms with Gasteiger partial charge in [-0.1, -0.05) is 24.3 Å². The van der Waals surface area contributed by atoms with Gasteiger partial charge in [0.15, 0.2) is 0 Å². The number of benzene rings is 1. The Morgan fingerprint density at radius 3 is 2.29 bits per heavy atom. The average molecular weight is 424 g/mol. The lowest BCUT2D eigenvalue weighted by atomic mass is 9.55. The number of carbonyl (C=O) groups is 2. The molecule has 1 aromatic carbocycles. The zero-order valence-electron chi connectivity index (χ0n) is 18.2. The number of likely N-dealkylation sites (tertiary alicyclic amines) is 1. The summed E-state index contributed by atoms with van der Waals surface area (Å²) in [6, 6.07) is 8.37. The molecule has 1 atom stereocenters. The van der Waals surface area contributed by atoms with E-state index in [1.807, 2.05) is 11.0 Å². The number of carbonyl (C=O) groups excluding carboxylic acids is 1. The van der Waals surface area contributed by atoms with E-state index in [2.05, 4.69) is 18.2 Å². The summed E-state index contributed by atoms with van der Waals surface area (Å²) in [5, 5.41) is 9.37. The van der Waals surface area contributed by atoms with Crippen LogP contribution in [0.3, 0.4) is 0 Å². The standard InChI is InChI=1S/C26H33NO4/c28-23(29)14-20-15-26(22-4-2-1-3-21(20)22)5-7-27(8-6-26)25(30)31-24-18-10-16-9-17(12-18)13-19(24)11-16/h1-4,16-20,24H,5-15H2,(H,28,29). The van der Waals surface area contributed by atoms with Crippen LogP contribution in [0.4, 0.5) is 4.79 Å². The fourth-order valence-corrected chi connectivity index (χ4v) is 8.27. The molecule has 1 saturated heterocycles. The molecular weight excluding hydrogens is 390 g/mol. The number of nitrogens with zero attached hydrogens (tertiary/aromatic N) is 1. The molecule has 5 fully saturated rings. The zero-order chi connectivity index (χ0) is 21.2. The van der Waals surface area contributed by atoms with Crippen LogP contribution < -0.4 is 0 Å². The predicted molar refractivity (Wildman–Crippen MR) is 116 cm³/mol. The minimum Gasteiger partial charge on any atom is -0.481 e. The van der Waals surface area contributed by atoms with Crippen molar-refractivity contribution in [3.05, 3.63) is 35.4 Å². The molecule has 7 rings (SSSR count). The molecular formula is C26H33NO4. The fraction of sp³-hybridized carbons (Fsp3) is 0.692. The number of carboxylic acid groups (broad SMARTS) is 1. The van der Waals surface area contributed by atoms with Crippen LogP contribution in [0.15, 0.2) is 24.3 Å². The van der Waals surface area contributed by atoms with Gasteiger partial charge in [0.1, 0.15) is 6.10 Å². The quantitative estimate of drug-likeness (QED) is 0.747. The molecule has 4 saturated carbocycles. The van der Waals surface area contributed by atoms with Gasteiger partial charge in [-0.05, 0) is 97.5 Å². The van der Waals surface area contributed by atoms with Crippen LogP contribution in [0.5, 0.6) is 0 Å². The van der Waals surface area contributed by atoms with E-state index in [-0.39, 0.29) is 30.0 Å². The van der Waals surface area contributed by atoms with E-state index in [1.165, 1.54) is 43.2 Å². The summed E-state index contributed by atoms with van der Waals surface area (Å²) >= 11 is 0. The van der Waals surface area contributed by atoms with Crippen LogP contribution in [-0.4, -0.2) is 41.3 Å². The Hall–Kier alpha value is -2.04. The smallest absolute Gasteiger partial charge is 0.410 e. The highest BCUT2D eigenvalue weighted by molar-refractivity contribution is 5.69. The molecule has 5 aliphatic carbocycles. The first-order valence-electron chi connectivity index (χ1n) is 12.3. The van der Waals surface area contributed by atoms with Crippen molar-refractivity contribution >= 4 is 12.1 Å². The minimum atomic E-state index is -0.728. The first-order valence-corrected chi connectivity index (χ1v) is 12.3. The molecule has 0 radical (unpaired) electrons. The van der Waals surface area contributed by atoms with E-state index in [9.17, 15) is 14.7 Å². The third kappa shape index (κ3) is 3.27. The lowest BCUT2D eigenvalue weighted by molar-refractivity contribution is -0.137. The van der Waals surface area contributed by atoms with Crippen molar-refractivity contribution in [1.82, 2.24) is 4.90 Å². The van der Waals surface area contributed by atoms with E-state index in [4.69, 9.17) is 4.74 Å². The third-order valence-electron chi connectivity index (χ3n) is 9.39. The summed E-state index contributed by atoms with van der Waals surface area (Å²) in [5.74, 6) is 2.31. The van der Waals surface area contributed by atoms with Crippen molar-refractivity contribution in [2.45, 2.75) is 75.2 Å². The average Bonchev–Trinajstić information content (AvgIpc) is 3.03. The Bertz CT molecular complexity index is 859. The van der Waals surface area contributed by atoms with Crippen molar-refractivity contribution in [1.29, 1.82) is 0 Å². The molecule has 0 aromatic heterocycles. The summed E-state index contributed by atoms with van der Waals surface area (Å²) in [7, 11) is 0. The molecule has 1 N–H and O–H groups in total. The Morgan fingerprint density at radius 1 is 1.00 bits per heavy atom. The van der Waals surface area contributed by atoms with Gasteiger partial charge in [0.05, 0.1) is 6.42 Å². The number of aliphatic carboxylic acids is 1. The molecule has 31 heavy (non-hydrogen) atoms. The number of amides is 1. The summed E-state index contributed by atoms with van der Waals surface area (Å²) in [6.45, 7) is 1.42. The SMILES string of the molecule is O=C(O)CC1CC2(CCN(C(=O)OC3C4CC5CC(C4)CC3C5)CC2)c2ccccc21. The molecule has 1 spiro atoms. The van der Waals surface area contributed by atoms with Gasteiger partial charge in [0.25, 0.3) is 0 Å². The molecule has 1 amide bonds. The van der Waals surface area contributed by atoms with Crippen molar-refractivity contribution in [3.63, 3.8) is 0 Å². The fourth-order valence-electron chi connectivity index (χ4n) is 8.27. The van der Waals surface area contributed by atoms with Gasteiger partial charge in [0, 0.05) is 13.1 Å². The number of carboxylic acids is 1. The molecule has 6 aliphatic rings. The van der Waals surface area contributed by atoms with Crippen molar-refractivity contribution in [2.24, 2.45) is 23.7 Å². The first-order chi connectivity index (χ1) is 15.0. The number of hydrogen-bond donors (Lipinski definition) is 1. The van der Waals surface area contributed by atoms with Gasteiger partial charge in [-0.15, -0.1) is 0 Å². The summed E-state index contributed by atoms with van der Waals surface area (Å²) in [4.78, 5) is 26.4. The number of rotatable bonds is 3. The molecule has 166 valence electrons. The van der Waals surface area contributed by atoms with Crippen LogP contribution >= 0.6 is 0 Å². The van der Waals surface area contributed by atoms with Crippen LogP contribution in [0.2, 0.25) is 0 Å². The Morgan fingerprint density at radius 2 is 1.65 bits per heavy atom. The predicted octanol–water partition coefficient (Wildman–Crippen LogP) is 4.94. The number of ether oxygens (including phenoxy) is 1. The van der Waals surface area contributed by atoms with E-state index in [0.717, 1.165) is 31.1 Å². The van der Waals surface area contributed by atoms with E-state index in [1.54, 1.807) is 0 Å². The summed E-state index contributed by atoms with van der Waals surface area (Å²) in [5.41, 5.74) is 2.53. The second-order valence-corrected chi connectivity index (χ2v) is 11.1. The Labute approximate surface area is 184 Å². The van der Waals surface area contributed by atoms with Crippen LogP contribution in [0.1, 0.15) is 74.8 Å². The number of hydrogen-bond acceptors (Lipinski definition) is 3. The van der Waals surface area contributed by atoms with Gasteiger partial charge in [0.2, 0.25) is 0 Å². The Balaban J connectivity index is 1.12. The van der Waals surface area contributed by atoms with Gasteiger partial charge in [-0.3, -0.25) is 4.79 Å². The van der Waals surface area contributed by atoms with Crippen LogP contribution in [0, 0.1) is 23.7 Å². The maximum absolute atomic E-state index is 13.1. The molecule has 1 aromatic rings. The highest BCUT2D eigenvalue weighted by Gasteiger charge is 2.51. The lowest BCUT2D eigenvalue weighted by Crippen LogP contribution is -2.52. The summed E-state index contributed by atoms with van der Waals surface area (Å²) < 4.78 is 6.17. The van der Waals surface area contributed by atoms with Crippen LogP contribution in [0.25, 0.3) is 0 Å². The van der Waals surface area contributed by atoms with Gasteiger partial charge < -0.3 is 14.7 Å². The molecule has 5 nitrogen and oxygen atoms in total. The van der Waals surface area contributed by atoms with Crippen molar-refractivity contribution in [2.75, 3.05) is 13.1 Å². The molecule has 4 bridgehead atoms. The van der Waals surface area contributed by atoms with Crippen molar-refractivity contribution < 1.29 is 19.4 Å². The second kappa shape index (κ2) is 7.25. The lowest BCUT2D eigenvalue weighted by Gasteiger charge is -2.53. The van der Waals surface area contributed by atoms with Gasteiger partial charge >= 0.3 is 12.1 Å². The van der Waals surface area contributed by atoms with Gasteiger partial charge in [-0.25, -0.2) is 4.79 Å². The second-order valence-electron chi connectivity index (χ2n) is 11.1. The molecule has 1 heterocycles. The molecule has 1 aliphatic heterocycles. The summed E-state index contributed by atoms with van der Waals surface area (Å²) in [6.07, 6.45) is 9.36. The first kappa shape index (κ1) is 19.6. The largest absolute Gasteiger partial charge is 0.481 e. The highest BCUT2D eigenvalue weighted by atomic mass is 16.6. The van der Waals surface area contributed by atoms with E-state index >= 15 is 0 Å².